The van der Waals surface area contributed by atoms with E-state index in [4.69, 9.17) is 14.6 Å². The predicted molar refractivity (Wildman–Crippen MR) is 125 cm³/mol. The lowest BCUT2D eigenvalue weighted by atomic mass is 10.2. The highest BCUT2D eigenvalue weighted by atomic mass is 16.5. The summed E-state index contributed by atoms with van der Waals surface area (Å²) in [6.07, 6.45) is 0. The van der Waals surface area contributed by atoms with E-state index in [2.05, 4.69) is 73.4 Å². The Morgan fingerprint density at radius 2 is 1.77 bits per heavy atom. The van der Waals surface area contributed by atoms with Crippen molar-refractivity contribution in [2.45, 2.75) is 6.92 Å². The van der Waals surface area contributed by atoms with Gasteiger partial charge in [0, 0.05) is 59.0 Å². The second kappa shape index (κ2) is 9.82. The third kappa shape index (κ3) is 4.86. The molecule has 7 heteroatoms. The molecule has 1 fully saturated rings. The second-order valence-electron chi connectivity index (χ2n) is 7.70. The van der Waals surface area contributed by atoms with Crippen molar-refractivity contribution in [1.82, 2.24) is 0 Å². The largest absolute Gasteiger partial charge is 0.494 e. The van der Waals surface area contributed by atoms with Crippen LogP contribution in [0.25, 0.3) is 0 Å². The van der Waals surface area contributed by atoms with Crippen LogP contribution in [-0.2, 0) is 4.74 Å². The van der Waals surface area contributed by atoms with E-state index < -0.39 is 0 Å². The fourth-order valence-electron chi connectivity index (χ4n) is 3.68. The lowest BCUT2D eigenvalue weighted by Crippen LogP contribution is -3.06. The molecule has 1 aliphatic rings. The molecule has 3 rings (SSSR count). The lowest BCUT2D eigenvalue weighted by molar-refractivity contribution is -0.705. The van der Waals surface area contributed by atoms with E-state index in [1.54, 1.807) is 7.11 Å². The summed E-state index contributed by atoms with van der Waals surface area (Å²) in [6.45, 7) is 5.37. The number of nitrogens with one attached hydrogen (secondary N) is 1. The quantitative estimate of drug-likeness (QED) is 0.448. The molecular weight excluding hydrogens is 378 g/mol. The van der Waals surface area contributed by atoms with Crippen molar-refractivity contribution in [2.24, 2.45) is 5.10 Å². The molecule has 0 spiro atoms. The first kappa shape index (κ1) is 21.9. The fourth-order valence-corrected chi connectivity index (χ4v) is 3.68. The summed E-state index contributed by atoms with van der Waals surface area (Å²) < 4.78 is 11.2. The van der Waals surface area contributed by atoms with Gasteiger partial charge in [0.15, 0.2) is 5.69 Å². The van der Waals surface area contributed by atoms with Gasteiger partial charge >= 0.3 is 0 Å². The van der Waals surface area contributed by atoms with Gasteiger partial charge in [-0.1, -0.05) is 12.1 Å². The highest BCUT2D eigenvalue weighted by molar-refractivity contribution is 5.77. The molecule has 7 nitrogen and oxygen atoms in total. The van der Waals surface area contributed by atoms with Crippen LogP contribution in [-0.4, -0.2) is 67.4 Å². The summed E-state index contributed by atoms with van der Waals surface area (Å²) in [4.78, 5) is 5.60. The number of anilines is 3. The first-order valence-corrected chi connectivity index (χ1v) is 10.3. The number of amidine groups is 1. The van der Waals surface area contributed by atoms with E-state index in [0.29, 0.717) is 0 Å². The van der Waals surface area contributed by atoms with Gasteiger partial charge in [0.2, 0.25) is 5.84 Å². The third-order valence-corrected chi connectivity index (χ3v) is 5.52. The number of rotatable bonds is 6. The molecule has 30 heavy (non-hydrogen) atoms. The normalized spacial score (nSPS) is 15.7. The Balaban J connectivity index is 1.83. The van der Waals surface area contributed by atoms with Gasteiger partial charge in [-0.3, -0.25) is 9.91 Å². The molecule has 2 aromatic carbocycles. The Morgan fingerprint density at radius 1 is 1.07 bits per heavy atom. The monoisotopic (exact) mass is 412 g/mol. The van der Waals surface area contributed by atoms with Crippen molar-refractivity contribution in [3.05, 3.63) is 42.5 Å². The van der Waals surface area contributed by atoms with Crippen molar-refractivity contribution in [3.63, 3.8) is 0 Å². The number of hydrogen-bond donors (Lipinski definition) is 1. The summed E-state index contributed by atoms with van der Waals surface area (Å²) in [5, 5.41) is 6.74. The Morgan fingerprint density at radius 3 is 2.43 bits per heavy atom. The molecular formula is C23H34N5O2+. The Kier molecular flexibility index (Phi) is 7.18. The number of para-hydroxylation sites is 2. The molecule has 1 aliphatic heterocycles. The molecule has 0 radical (unpaired) electrons. The summed E-state index contributed by atoms with van der Waals surface area (Å²) in [5.74, 6) is 1.77. The lowest BCUT2D eigenvalue weighted by Gasteiger charge is -2.29. The van der Waals surface area contributed by atoms with Crippen LogP contribution in [0.3, 0.4) is 0 Å². The van der Waals surface area contributed by atoms with Gasteiger partial charge in [0.1, 0.15) is 11.4 Å². The number of ether oxygens (including phenoxy) is 2. The SMILES string of the molecule is COc1cc(N2CCOCC2)ccc1N(C)/N=C(\C)[NH+](C)c1ccccc1N(C)C. The first-order chi connectivity index (χ1) is 14.4. The molecule has 1 heterocycles. The van der Waals surface area contributed by atoms with Crippen LogP contribution in [0.15, 0.2) is 47.6 Å². The average molecular weight is 413 g/mol. The molecule has 1 atom stereocenters. The van der Waals surface area contributed by atoms with E-state index in [0.717, 1.165) is 54.2 Å². The topological polar surface area (TPSA) is 45.0 Å². The zero-order chi connectivity index (χ0) is 21.7. The molecule has 0 aromatic heterocycles. The van der Waals surface area contributed by atoms with Crippen molar-refractivity contribution < 1.29 is 14.4 Å². The van der Waals surface area contributed by atoms with Crippen LogP contribution in [0.4, 0.5) is 22.7 Å². The maximum absolute atomic E-state index is 5.69. The Labute approximate surface area is 180 Å². The van der Waals surface area contributed by atoms with Gasteiger partial charge in [0.25, 0.3) is 0 Å². The van der Waals surface area contributed by atoms with Gasteiger partial charge in [-0.25, -0.2) is 0 Å². The molecule has 0 aliphatic carbocycles. The number of quaternary nitrogens is 1. The van der Waals surface area contributed by atoms with E-state index in [9.17, 15) is 0 Å². The number of hydrogen-bond acceptors (Lipinski definition) is 6. The molecule has 162 valence electrons. The molecule has 1 saturated heterocycles. The highest BCUT2D eigenvalue weighted by Gasteiger charge is 2.19. The van der Waals surface area contributed by atoms with Gasteiger partial charge in [-0.2, -0.15) is 0 Å². The predicted octanol–water partition coefficient (Wildman–Crippen LogP) is 2.21. The first-order valence-electron chi connectivity index (χ1n) is 10.3. The zero-order valence-corrected chi connectivity index (χ0v) is 19.0. The van der Waals surface area contributed by atoms with Crippen molar-refractivity contribution >= 4 is 28.6 Å². The van der Waals surface area contributed by atoms with Gasteiger partial charge in [-0.05, 0) is 18.2 Å². The third-order valence-electron chi connectivity index (χ3n) is 5.52. The van der Waals surface area contributed by atoms with Crippen LogP contribution < -0.4 is 24.4 Å². The molecule has 1 unspecified atom stereocenters. The minimum atomic E-state index is 0.761. The zero-order valence-electron chi connectivity index (χ0n) is 19.0. The van der Waals surface area contributed by atoms with Crippen molar-refractivity contribution in [2.75, 3.05) is 76.4 Å². The van der Waals surface area contributed by atoms with Gasteiger partial charge in [0.05, 0.1) is 33.1 Å². The summed E-state index contributed by atoms with van der Waals surface area (Å²) >= 11 is 0. The summed E-state index contributed by atoms with van der Waals surface area (Å²) in [5.41, 5.74) is 4.45. The number of nitrogens with zero attached hydrogens (tertiary/aromatic N) is 4. The van der Waals surface area contributed by atoms with Crippen LogP contribution in [0.2, 0.25) is 0 Å². The average Bonchev–Trinajstić information content (AvgIpc) is 2.78. The fraction of sp³-hybridized carbons (Fsp3) is 0.435. The number of hydrazone groups is 1. The van der Waals surface area contributed by atoms with E-state index in [-0.39, 0.29) is 0 Å². The smallest absolute Gasteiger partial charge is 0.220 e. The van der Waals surface area contributed by atoms with Crippen LogP contribution in [0, 0.1) is 0 Å². The number of benzene rings is 2. The van der Waals surface area contributed by atoms with E-state index >= 15 is 0 Å². The molecule has 2 aromatic rings. The minimum absolute atomic E-state index is 0.761. The van der Waals surface area contributed by atoms with Crippen molar-refractivity contribution in [1.29, 1.82) is 0 Å². The minimum Gasteiger partial charge on any atom is -0.494 e. The Bertz CT molecular complexity index is 878. The maximum atomic E-state index is 5.69. The van der Waals surface area contributed by atoms with E-state index in [1.807, 2.05) is 19.0 Å². The van der Waals surface area contributed by atoms with Gasteiger partial charge in [-0.15, -0.1) is 5.10 Å². The number of methoxy groups -OCH3 is 1. The molecule has 0 saturated carbocycles. The van der Waals surface area contributed by atoms with Crippen molar-refractivity contribution in [3.8, 4) is 5.75 Å². The van der Waals surface area contributed by atoms with Gasteiger partial charge < -0.3 is 19.3 Å². The number of morpholine rings is 1. The summed E-state index contributed by atoms with van der Waals surface area (Å²) in [7, 11) is 9.91. The molecule has 0 amide bonds. The summed E-state index contributed by atoms with van der Waals surface area (Å²) in [6, 6.07) is 14.7. The standard InChI is InChI=1S/C23H33N5O2/c1-18(26(4)21-10-8-7-9-20(21)25(2)3)24-27(5)22-12-11-19(17-23(22)29-6)28-13-15-30-16-14-28/h7-12,17H,13-16H2,1-6H3/p+1/b24-18+. The molecule has 1 N–H and O–H groups in total. The van der Waals surface area contributed by atoms with Crippen LogP contribution in [0.1, 0.15) is 6.92 Å². The second-order valence-corrected chi connectivity index (χ2v) is 7.70. The van der Waals surface area contributed by atoms with Crippen LogP contribution >= 0.6 is 0 Å². The van der Waals surface area contributed by atoms with E-state index in [1.165, 1.54) is 11.4 Å². The maximum Gasteiger partial charge on any atom is 0.220 e. The Hall–Kier alpha value is -2.77. The van der Waals surface area contributed by atoms with Crippen LogP contribution in [0.5, 0.6) is 5.75 Å². The highest BCUT2D eigenvalue weighted by Crippen LogP contribution is 2.32. The molecule has 0 bridgehead atoms.